The molecule has 4 rings (SSSR count). The minimum absolute atomic E-state index is 0.0601. The number of likely N-dealkylation sites (tertiary alicyclic amines) is 1. The normalized spacial score (nSPS) is 18.2. The summed E-state index contributed by atoms with van der Waals surface area (Å²) in [5.41, 5.74) is 1.66. The first-order valence-electron chi connectivity index (χ1n) is 11.6. The van der Waals surface area contributed by atoms with Crippen molar-refractivity contribution in [3.8, 4) is 0 Å². The van der Waals surface area contributed by atoms with Crippen LogP contribution in [-0.4, -0.2) is 88.0 Å². The number of carbonyl (C=O) groups excluding carboxylic acids is 2. The Morgan fingerprint density at radius 3 is 2.44 bits per heavy atom. The summed E-state index contributed by atoms with van der Waals surface area (Å²) in [6, 6.07) is 3.88. The van der Waals surface area contributed by atoms with E-state index >= 15 is 0 Å². The monoisotopic (exact) mass is 440 g/mol. The molecule has 0 aromatic carbocycles. The van der Waals surface area contributed by atoms with Crippen LogP contribution in [-0.2, 0) is 17.6 Å². The van der Waals surface area contributed by atoms with E-state index in [1.54, 1.807) is 6.20 Å². The Morgan fingerprint density at radius 2 is 1.81 bits per heavy atom. The number of piperidine rings is 1. The summed E-state index contributed by atoms with van der Waals surface area (Å²) in [4.78, 5) is 40.2. The summed E-state index contributed by atoms with van der Waals surface area (Å²) < 4.78 is 5.17. The van der Waals surface area contributed by atoms with Crippen molar-refractivity contribution < 1.29 is 14.1 Å². The number of nitrogens with zero attached hydrogens (tertiary/aromatic N) is 6. The molecule has 0 saturated carbocycles. The number of hydrogen-bond acceptors (Lipinski definition) is 7. The predicted molar refractivity (Wildman–Crippen MR) is 118 cm³/mol. The van der Waals surface area contributed by atoms with Gasteiger partial charge in [0.2, 0.25) is 11.8 Å². The van der Waals surface area contributed by atoms with Crippen LogP contribution in [0.2, 0.25) is 0 Å². The van der Waals surface area contributed by atoms with E-state index in [2.05, 4.69) is 27.1 Å². The van der Waals surface area contributed by atoms with Gasteiger partial charge in [-0.25, -0.2) is 0 Å². The minimum atomic E-state index is 0.0601. The molecule has 4 heterocycles. The molecule has 172 valence electrons. The average Bonchev–Trinajstić information content (AvgIpc) is 3.31. The lowest BCUT2D eigenvalue weighted by Crippen LogP contribution is -2.47. The van der Waals surface area contributed by atoms with Gasteiger partial charge in [0.15, 0.2) is 5.82 Å². The van der Waals surface area contributed by atoms with E-state index in [0.29, 0.717) is 36.0 Å². The lowest BCUT2D eigenvalue weighted by molar-refractivity contribution is -0.132. The Morgan fingerprint density at radius 1 is 1.06 bits per heavy atom. The van der Waals surface area contributed by atoms with Crippen molar-refractivity contribution in [2.45, 2.75) is 44.9 Å². The second kappa shape index (κ2) is 10.2. The number of aryl methyl sites for hydroxylation is 2. The largest absolute Gasteiger partial charge is 0.343 e. The standard InChI is InChI=1S/C23H32N6O3/c1-3-20-25-21(32-26-20)6-7-22(30)28-10-8-17(9-11-28)19-5-4-18(16-24-19)23(31)29-14-12-27(2)13-15-29/h4-5,16-17H,3,6-15H2,1-2H3. The minimum Gasteiger partial charge on any atom is -0.343 e. The average molecular weight is 441 g/mol. The number of hydrogen-bond donors (Lipinski definition) is 0. The Hall–Kier alpha value is -2.81. The summed E-state index contributed by atoms with van der Waals surface area (Å²) in [6.07, 6.45) is 5.07. The van der Waals surface area contributed by atoms with Gasteiger partial charge >= 0.3 is 0 Å². The molecular formula is C23H32N6O3. The van der Waals surface area contributed by atoms with Crippen LogP contribution in [0.3, 0.4) is 0 Å². The van der Waals surface area contributed by atoms with Gasteiger partial charge in [0.25, 0.3) is 5.91 Å². The third kappa shape index (κ3) is 5.32. The molecule has 0 aliphatic carbocycles. The molecule has 2 aromatic heterocycles. The van der Waals surface area contributed by atoms with Crippen LogP contribution in [0, 0.1) is 0 Å². The van der Waals surface area contributed by atoms with Crippen molar-refractivity contribution >= 4 is 11.8 Å². The van der Waals surface area contributed by atoms with E-state index in [-0.39, 0.29) is 11.8 Å². The smallest absolute Gasteiger partial charge is 0.255 e. The van der Waals surface area contributed by atoms with Crippen molar-refractivity contribution in [3.05, 3.63) is 41.3 Å². The number of carbonyl (C=O) groups is 2. The van der Waals surface area contributed by atoms with E-state index in [9.17, 15) is 9.59 Å². The van der Waals surface area contributed by atoms with Crippen LogP contribution in [0.4, 0.5) is 0 Å². The van der Waals surface area contributed by atoms with Gasteiger partial charge in [0.1, 0.15) is 0 Å². The van der Waals surface area contributed by atoms with E-state index in [4.69, 9.17) is 4.52 Å². The topological polar surface area (TPSA) is 95.7 Å². The maximum atomic E-state index is 12.7. The molecule has 2 aliphatic heterocycles. The predicted octanol–water partition coefficient (Wildman–Crippen LogP) is 1.75. The Labute approximate surface area is 188 Å². The highest BCUT2D eigenvalue weighted by molar-refractivity contribution is 5.94. The maximum absolute atomic E-state index is 12.7. The summed E-state index contributed by atoms with van der Waals surface area (Å²) >= 11 is 0. The number of aromatic nitrogens is 3. The molecule has 2 aliphatic rings. The molecule has 0 atom stereocenters. The van der Waals surface area contributed by atoms with Crippen LogP contribution in [0.1, 0.15) is 59.9 Å². The second-order valence-corrected chi connectivity index (χ2v) is 8.68. The highest BCUT2D eigenvalue weighted by Crippen LogP contribution is 2.27. The molecule has 2 aromatic rings. The SMILES string of the molecule is CCc1noc(CCC(=O)N2CCC(c3ccc(C(=O)N4CCN(C)CC4)cn3)CC2)n1. The van der Waals surface area contributed by atoms with Gasteiger partial charge < -0.3 is 19.2 Å². The van der Waals surface area contributed by atoms with Crippen molar-refractivity contribution in [3.63, 3.8) is 0 Å². The fourth-order valence-electron chi connectivity index (χ4n) is 4.30. The molecule has 0 spiro atoms. The summed E-state index contributed by atoms with van der Waals surface area (Å²) in [7, 11) is 2.08. The summed E-state index contributed by atoms with van der Waals surface area (Å²) in [5, 5.41) is 3.87. The zero-order chi connectivity index (χ0) is 22.5. The van der Waals surface area contributed by atoms with Gasteiger partial charge in [-0.3, -0.25) is 14.6 Å². The van der Waals surface area contributed by atoms with Crippen molar-refractivity contribution in [1.29, 1.82) is 0 Å². The molecule has 0 radical (unpaired) electrons. The first-order valence-corrected chi connectivity index (χ1v) is 11.6. The summed E-state index contributed by atoms with van der Waals surface area (Å²) in [6.45, 7) is 6.74. The van der Waals surface area contributed by atoms with Crippen LogP contribution >= 0.6 is 0 Å². The number of rotatable bonds is 6. The van der Waals surface area contributed by atoms with E-state index in [1.165, 1.54) is 0 Å². The third-order valence-electron chi connectivity index (χ3n) is 6.47. The second-order valence-electron chi connectivity index (χ2n) is 8.68. The number of amides is 2. The van der Waals surface area contributed by atoms with E-state index < -0.39 is 0 Å². The molecule has 0 bridgehead atoms. The zero-order valence-electron chi connectivity index (χ0n) is 19.0. The van der Waals surface area contributed by atoms with Crippen molar-refractivity contribution in [2.75, 3.05) is 46.3 Å². The molecule has 0 N–H and O–H groups in total. The van der Waals surface area contributed by atoms with Gasteiger partial charge in [-0.15, -0.1) is 0 Å². The Kier molecular flexibility index (Phi) is 7.14. The number of pyridine rings is 1. The van der Waals surface area contributed by atoms with Crippen molar-refractivity contribution in [2.24, 2.45) is 0 Å². The molecular weight excluding hydrogens is 408 g/mol. The lowest BCUT2D eigenvalue weighted by Gasteiger charge is -2.33. The molecule has 2 saturated heterocycles. The molecule has 9 heteroatoms. The molecule has 9 nitrogen and oxygen atoms in total. The van der Waals surface area contributed by atoms with E-state index in [0.717, 1.165) is 64.2 Å². The van der Waals surface area contributed by atoms with Gasteiger partial charge in [-0.1, -0.05) is 12.1 Å². The van der Waals surface area contributed by atoms with Gasteiger partial charge in [-0.2, -0.15) is 4.98 Å². The molecule has 2 amide bonds. The molecule has 32 heavy (non-hydrogen) atoms. The Balaban J connectivity index is 1.24. The van der Waals surface area contributed by atoms with Crippen LogP contribution < -0.4 is 0 Å². The third-order valence-corrected chi connectivity index (χ3v) is 6.47. The zero-order valence-corrected chi connectivity index (χ0v) is 19.0. The summed E-state index contributed by atoms with van der Waals surface area (Å²) in [5.74, 6) is 1.71. The highest BCUT2D eigenvalue weighted by Gasteiger charge is 2.26. The molecule has 2 fully saturated rings. The highest BCUT2D eigenvalue weighted by atomic mass is 16.5. The maximum Gasteiger partial charge on any atom is 0.255 e. The van der Waals surface area contributed by atoms with Gasteiger partial charge in [-0.05, 0) is 32.0 Å². The first kappa shape index (κ1) is 22.4. The van der Waals surface area contributed by atoms with Crippen LogP contribution in [0.25, 0.3) is 0 Å². The van der Waals surface area contributed by atoms with Crippen LogP contribution in [0.15, 0.2) is 22.9 Å². The number of piperazine rings is 1. The van der Waals surface area contributed by atoms with Crippen molar-refractivity contribution in [1.82, 2.24) is 29.8 Å². The lowest BCUT2D eigenvalue weighted by atomic mass is 9.92. The fraction of sp³-hybridized carbons (Fsp3) is 0.609. The Bertz CT molecular complexity index is 912. The first-order chi connectivity index (χ1) is 15.5. The van der Waals surface area contributed by atoms with Gasteiger partial charge in [0, 0.05) is 76.3 Å². The van der Waals surface area contributed by atoms with E-state index in [1.807, 2.05) is 28.9 Å². The number of likely N-dealkylation sites (N-methyl/N-ethyl adjacent to an activating group) is 1. The quantitative estimate of drug-likeness (QED) is 0.675. The molecule has 0 unspecified atom stereocenters. The van der Waals surface area contributed by atoms with Crippen LogP contribution in [0.5, 0.6) is 0 Å². The fourth-order valence-corrected chi connectivity index (χ4v) is 4.30. The van der Waals surface area contributed by atoms with Gasteiger partial charge in [0.05, 0.1) is 5.56 Å².